The summed E-state index contributed by atoms with van der Waals surface area (Å²) >= 11 is 0. The summed E-state index contributed by atoms with van der Waals surface area (Å²) in [6, 6.07) is 8.55. The number of nitrogens with two attached hydrogens (primary N) is 1. The Bertz CT molecular complexity index is 1340. The molecule has 2 heterocycles. The summed E-state index contributed by atoms with van der Waals surface area (Å²) in [6.45, 7) is 13.2. The second-order valence-electron chi connectivity index (χ2n) is 12.1. The van der Waals surface area contributed by atoms with Gasteiger partial charge in [0.15, 0.2) is 6.10 Å². The first-order valence-corrected chi connectivity index (χ1v) is 14.7. The standard InChI is InChI=1S/C32H45N5O5/c1-8-20(4)24-14-13-23-12-11-22(18-26(23)35-24)15-16-32(6,7)31(41)42-27(19(2)3)29(39)34-21(5)30(40)37-17-9-10-25(36-37)28(33)38/h11-16,18-21,25,27,36H,8-10,17H2,1-7H3,(H2,33,38)(H,34,39)/b16-15+/t20-,21?,25-,27?/m0/s1. The van der Waals surface area contributed by atoms with Gasteiger partial charge in [-0.1, -0.05) is 58.0 Å². The lowest BCUT2D eigenvalue weighted by atomic mass is 9.92. The molecule has 2 unspecified atom stereocenters. The number of ether oxygens (including phenoxy) is 1. The molecule has 42 heavy (non-hydrogen) atoms. The number of nitrogens with zero attached hydrogens (tertiary/aromatic N) is 2. The largest absolute Gasteiger partial charge is 0.451 e. The molecule has 0 aliphatic carbocycles. The fraction of sp³-hybridized carbons (Fsp3) is 0.531. The monoisotopic (exact) mass is 579 g/mol. The van der Waals surface area contributed by atoms with Crippen molar-refractivity contribution in [2.24, 2.45) is 17.1 Å². The van der Waals surface area contributed by atoms with E-state index in [2.05, 4.69) is 36.7 Å². The molecular formula is C32H45N5O5. The van der Waals surface area contributed by atoms with Crippen molar-refractivity contribution >= 4 is 40.7 Å². The molecule has 1 aromatic heterocycles. The molecule has 1 aliphatic rings. The summed E-state index contributed by atoms with van der Waals surface area (Å²) in [7, 11) is 0. The molecule has 1 aromatic carbocycles. The third-order valence-electron chi connectivity index (χ3n) is 7.70. The molecule has 0 radical (unpaired) electrons. The minimum atomic E-state index is -1.10. The number of carbonyl (C=O) groups excluding carboxylic acids is 4. The lowest BCUT2D eigenvalue weighted by Crippen LogP contribution is -2.60. The van der Waals surface area contributed by atoms with Gasteiger partial charge in [-0.15, -0.1) is 0 Å². The van der Waals surface area contributed by atoms with Crippen LogP contribution in [0.15, 0.2) is 36.4 Å². The summed E-state index contributed by atoms with van der Waals surface area (Å²) in [5.74, 6) is -2.06. The van der Waals surface area contributed by atoms with Gasteiger partial charge in [0.05, 0.1) is 10.9 Å². The molecule has 1 saturated heterocycles. The highest BCUT2D eigenvalue weighted by Crippen LogP contribution is 2.25. The smallest absolute Gasteiger partial charge is 0.316 e. The van der Waals surface area contributed by atoms with E-state index in [1.807, 2.05) is 24.3 Å². The summed E-state index contributed by atoms with van der Waals surface area (Å²) in [4.78, 5) is 55.7. The van der Waals surface area contributed by atoms with Crippen molar-refractivity contribution in [2.45, 2.75) is 91.8 Å². The average Bonchev–Trinajstić information content (AvgIpc) is 2.97. The predicted octanol–water partition coefficient (Wildman–Crippen LogP) is 3.84. The SMILES string of the molecule is CC[C@H](C)c1ccc2ccc(/C=C/C(C)(C)C(=O)OC(C(=O)NC(C)C(=O)N3CCC[C@@H](C(N)=O)N3)C(C)C)cc2n1. The van der Waals surface area contributed by atoms with Crippen LogP contribution in [-0.4, -0.2) is 58.4 Å². The number of rotatable bonds is 11. The fourth-order valence-electron chi connectivity index (χ4n) is 4.61. The van der Waals surface area contributed by atoms with Gasteiger partial charge in [0.2, 0.25) is 5.91 Å². The van der Waals surface area contributed by atoms with Crippen LogP contribution in [0.2, 0.25) is 0 Å². The van der Waals surface area contributed by atoms with E-state index >= 15 is 0 Å². The van der Waals surface area contributed by atoms with Crippen LogP contribution in [0, 0.1) is 11.3 Å². The normalized spacial score (nSPS) is 18.1. The number of hydrogen-bond donors (Lipinski definition) is 3. The molecule has 0 saturated carbocycles. The van der Waals surface area contributed by atoms with Crippen molar-refractivity contribution in [1.82, 2.24) is 20.7 Å². The Hall–Kier alpha value is -3.79. The van der Waals surface area contributed by atoms with Gasteiger partial charge in [0.25, 0.3) is 11.8 Å². The Morgan fingerprint density at radius 1 is 1.17 bits per heavy atom. The molecule has 228 valence electrons. The van der Waals surface area contributed by atoms with Crippen LogP contribution < -0.4 is 16.5 Å². The van der Waals surface area contributed by atoms with E-state index in [4.69, 9.17) is 15.5 Å². The van der Waals surface area contributed by atoms with Gasteiger partial charge >= 0.3 is 5.97 Å². The molecule has 4 atom stereocenters. The van der Waals surface area contributed by atoms with Gasteiger partial charge in [-0.05, 0) is 69.6 Å². The number of carbonyl (C=O) groups is 4. The molecule has 0 bridgehead atoms. The molecule has 0 spiro atoms. The maximum Gasteiger partial charge on any atom is 0.316 e. The molecule has 3 rings (SSSR count). The summed E-state index contributed by atoms with van der Waals surface area (Å²) < 4.78 is 5.71. The first-order valence-electron chi connectivity index (χ1n) is 14.7. The van der Waals surface area contributed by atoms with Crippen LogP contribution in [-0.2, 0) is 23.9 Å². The van der Waals surface area contributed by atoms with Crippen molar-refractivity contribution in [2.75, 3.05) is 6.54 Å². The highest BCUT2D eigenvalue weighted by molar-refractivity contribution is 5.91. The van der Waals surface area contributed by atoms with Crippen molar-refractivity contribution < 1.29 is 23.9 Å². The highest BCUT2D eigenvalue weighted by atomic mass is 16.5. The van der Waals surface area contributed by atoms with Crippen LogP contribution in [0.25, 0.3) is 17.0 Å². The van der Waals surface area contributed by atoms with Crippen LogP contribution in [0.4, 0.5) is 0 Å². The van der Waals surface area contributed by atoms with E-state index in [-0.39, 0.29) is 5.92 Å². The fourth-order valence-corrected chi connectivity index (χ4v) is 4.61. The molecule has 3 amide bonds. The first kappa shape index (κ1) is 32.7. The molecule has 1 fully saturated rings. The quantitative estimate of drug-likeness (QED) is 0.343. The third-order valence-corrected chi connectivity index (χ3v) is 7.70. The second kappa shape index (κ2) is 13.9. The molecule has 1 aliphatic heterocycles. The maximum absolute atomic E-state index is 13.2. The van der Waals surface area contributed by atoms with E-state index in [0.29, 0.717) is 25.3 Å². The number of primary amides is 1. The number of hydrogen-bond acceptors (Lipinski definition) is 7. The second-order valence-corrected chi connectivity index (χ2v) is 12.1. The van der Waals surface area contributed by atoms with E-state index in [9.17, 15) is 19.2 Å². The highest BCUT2D eigenvalue weighted by Gasteiger charge is 2.35. The van der Waals surface area contributed by atoms with Gasteiger partial charge in [-0.3, -0.25) is 29.2 Å². The molecule has 4 N–H and O–H groups in total. The van der Waals surface area contributed by atoms with Crippen molar-refractivity contribution in [3.05, 3.63) is 47.7 Å². The van der Waals surface area contributed by atoms with E-state index in [1.165, 1.54) is 5.01 Å². The molecule has 10 heteroatoms. The molecule has 10 nitrogen and oxygen atoms in total. The first-order chi connectivity index (χ1) is 19.7. The predicted molar refractivity (Wildman–Crippen MR) is 163 cm³/mol. The number of fused-ring (bicyclic) bond motifs is 1. The third kappa shape index (κ3) is 8.15. The van der Waals surface area contributed by atoms with Crippen molar-refractivity contribution in [1.29, 1.82) is 0 Å². The number of amides is 3. The van der Waals surface area contributed by atoms with Crippen LogP contribution in [0.5, 0.6) is 0 Å². The van der Waals surface area contributed by atoms with Crippen LogP contribution >= 0.6 is 0 Å². The lowest BCUT2D eigenvalue weighted by Gasteiger charge is -2.34. The topological polar surface area (TPSA) is 144 Å². The van der Waals surface area contributed by atoms with E-state index in [0.717, 1.165) is 28.6 Å². The van der Waals surface area contributed by atoms with Gasteiger partial charge < -0.3 is 15.8 Å². The zero-order valence-electron chi connectivity index (χ0n) is 25.8. The minimum Gasteiger partial charge on any atom is -0.451 e. The molecule has 2 aromatic rings. The van der Waals surface area contributed by atoms with Crippen LogP contribution in [0.1, 0.15) is 84.9 Å². The maximum atomic E-state index is 13.2. The Kier molecular flexibility index (Phi) is 10.8. The number of aromatic nitrogens is 1. The zero-order chi connectivity index (χ0) is 31.2. The summed E-state index contributed by atoms with van der Waals surface area (Å²) in [5, 5.41) is 5.01. The summed E-state index contributed by atoms with van der Waals surface area (Å²) in [6.07, 6.45) is 4.66. The average molecular weight is 580 g/mol. The number of nitrogens with one attached hydrogen (secondary N) is 2. The van der Waals surface area contributed by atoms with Gasteiger partial charge in [-0.25, -0.2) is 5.43 Å². The Morgan fingerprint density at radius 3 is 2.50 bits per heavy atom. The Labute approximate surface area is 248 Å². The summed E-state index contributed by atoms with van der Waals surface area (Å²) in [5.41, 5.74) is 9.99. The molecular weight excluding hydrogens is 534 g/mol. The van der Waals surface area contributed by atoms with Gasteiger partial charge in [-0.2, -0.15) is 0 Å². The number of benzene rings is 1. The Balaban J connectivity index is 1.66. The van der Waals surface area contributed by atoms with Gasteiger partial charge in [0, 0.05) is 17.6 Å². The van der Waals surface area contributed by atoms with E-state index < -0.39 is 47.3 Å². The van der Waals surface area contributed by atoms with Crippen LogP contribution in [0.3, 0.4) is 0 Å². The van der Waals surface area contributed by atoms with Crippen molar-refractivity contribution in [3.63, 3.8) is 0 Å². The number of pyridine rings is 1. The number of esters is 1. The van der Waals surface area contributed by atoms with Crippen molar-refractivity contribution in [3.8, 4) is 0 Å². The lowest BCUT2D eigenvalue weighted by molar-refractivity contribution is -0.165. The zero-order valence-corrected chi connectivity index (χ0v) is 25.8. The minimum absolute atomic E-state index is 0.338. The van der Waals surface area contributed by atoms with Gasteiger partial charge in [0.1, 0.15) is 12.1 Å². The Morgan fingerprint density at radius 2 is 1.86 bits per heavy atom. The number of hydrazine groups is 1. The van der Waals surface area contributed by atoms with E-state index in [1.54, 1.807) is 40.7 Å².